The Morgan fingerprint density at radius 1 is 1.50 bits per heavy atom. The minimum atomic E-state index is -1.18. The topological polar surface area (TPSA) is 89.3 Å². The van der Waals surface area contributed by atoms with Gasteiger partial charge >= 0.3 is 0 Å². The fraction of sp³-hybridized carbons (Fsp3) is 0.900. The zero-order chi connectivity index (χ0) is 10.6. The van der Waals surface area contributed by atoms with Gasteiger partial charge in [0.15, 0.2) is 0 Å². The van der Waals surface area contributed by atoms with Gasteiger partial charge in [-0.15, -0.1) is 0 Å². The Balaban J connectivity index is 2.07. The molecule has 82 valence electrons. The molecule has 1 aliphatic carbocycles. The smallest absolute Gasteiger partial charge is 0.247 e. The Kier molecular flexibility index (Phi) is 4.35. The van der Waals surface area contributed by atoms with Crippen LogP contribution < -0.4 is 11.5 Å². The van der Waals surface area contributed by atoms with Crippen molar-refractivity contribution in [1.29, 1.82) is 0 Å². The average molecular weight is 200 g/mol. The summed E-state index contributed by atoms with van der Waals surface area (Å²) >= 11 is 0. The third kappa shape index (κ3) is 3.27. The molecule has 0 aromatic carbocycles. The number of primary amides is 1. The maximum Gasteiger partial charge on any atom is 0.247 e. The summed E-state index contributed by atoms with van der Waals surface area (Å²) in [6.45, 7) is 0. The van der Waals surface area contributed by atoms with Crippen molar-refractivity contribution in [3.63, 3.8) is 0 Å². The SMILES string of the molecule is NC(=O)C(O)C(N)CCCC1CCC1. The molecule has 0 spiro atoms. The summed E-state index contributed by atoms with van der Waals surface area (Å²) in [5.41, 5.74) is 10.5. The third-order valence-electron chi connectivity index (χ3n) is 3.07. The van der Waals surface area contributed by atoms with Crippen LogP contribution in [0.2, 0.25) is 0 Å². The Morgan fingerprint density at radius 3 is 2.57 bits per heavy atom. The Bertz CT molecular complexity index is 193. The van der Waals surface area contributed by atoms with Gasteiger partial charge in [-0.3, -0.25) is 4.79 Å². The Hall–Kier alpha value is -0.610. The number of aliphatic hydroxyl groups is 1. The highest BCUT2D eigenvalue weighted by atomic mass is 16.3. The molecule has 1 aliphatic rings. The van der Waals surface area contributed by atoms with E-state index in [4.69, 9.17) is 11.5 Å². The molecule has 1 fully saturated rings. The molecule has 1 rings (SSSR count). The van der Waals surface area contributed by atoms with E-state index in [-0.39, 0.29) is 0 Å². The number of carbonyl (C=O) groups is 1. The molecule has 2 unspecified atom stereocenters. The van der Waals surface area contributed by atoms with Crippen LogP contribution in [0.3, 0.4) is 0 Å². The van der Waals surface area contributed by atoms with Crippen LogP contribution in [0.15, 0.2) is 0 Å². The quantitative estimate of drug-likeness (QED) is 0.569. The largest absolute Gasteiger partial charge is 0.382 e. The molecule has 0 bridgehead atoms. The first-order valence-corrected chi connectivity index (χ1v) is 5.34. The monoisotopic (exact) mass is 200 g/mol. The van der Waals surface area contributed by atoms with Crippen molar-refractivity contribution in [2.24, 2.45) is 17.4 Å². The van der Waals surface area contributed by atoms with Crippen molar-refractivity contribution in [2.75, 3.05) is 0 Å². The molecule has 4 heteroatoms. The maximum absolute atomic E-state index is 10.6. The average Bonchev–Trinajstić information content (AvgIpc) is 2.07. The summed E-state index contributed by atoms with van der Waals surface area (Å²) in [6, 6.07) is -0.493. The minimum Gasteiger partial charge on any atom is -0.382 e. The van der Waals surface area contributed by atoms with Crippen LogP contribution in [0.1, 0.15) is 38.5 Å². The standard InChI is InChI=1S/C10H20N2O2/c11-8(9(13)10(12)14)6-2-5-7-3-1-4-7/h7-9,13H,1-6,11H2,(H2,12,14). The predicted octanol–water partition coefficient (Wildman–Crippen LogP) is 0.130. The molecule has 1 saturated carbocycles. The summed E-state index contributed by atoms with van der Waals surface area (Å²) in [5.74, 6) is 0.133. The first-order valence-electron chi connectivity index (χ1n) is 5.34. The van der Waals surface area contributed by atoms with Gasteiger partial charge in [0.1, 0.15) is 6.10 Å². The van der Waals surface area contributed by atoms with Gasteiger partial charge in [0.2, 0.25) is 5.91 Å². The summed E-state index contributed by atoms with van der Waals surface area (Å²) in [6.07, 6.45) is 5.65. The molecule has 5 N–H and O–H groups in total. The molecule has 1 amide bonds. The van der Waals surface area contributed by atoms with Gasteiger partial charge in [-0.05, 0) is 12.3 Å². The lowest BCUT2D eigenvalue weighted by Crippen LogP contribution is -2.44. The molecular formula is C10H20N2O2. The number of hydrogen-bond acceptors (Lipinski definition) is 3. The summed E-state index contributed by atoms with van der Waals surface area (Å²) < 4.78 is 0. The normalized spacial score (nSPS) is 21.3. The van der Waals surface area contributed by atoms with E-state index < -0.39 is 18.1 Å². The minimum absolute atomic E-state index is 0.493. The van der Waals surface area contributed by atoms with Gasteiger partial charge in [-0.2, -0.15) is 0 Å². The molecule has 0 aromatic rings. The number of carbonyl (C=O) groups excluding carboxylic acids is 1. The number of hydrogen-bond donors (Lipinski definition) is 3. The molecule has 0 heterocycles. The first kappa shape index (κ1) is 11.5. The van der Waals surface area contributed by atoms with Crippen molar-refractivity contribution >= 4 is 5.91 Å². The maximum atomic E-state index is 10.6. The second-order valence-corrected chi connectivity index (χ2v) is 4.24. The van der Waals surface area contributed by atoms with Crippen LogP contribution in [0.5, 0.6) is 0 Å². The Morgan fingerprint density at radius 2 is 2.14 bits per heavy atom. The second kappa shape index (κ2) is 5.32. The highest BCUT2D eigenvalue weighted by Gasteiger charge is 2.21. The van der Waals surface area contributed by atoms with Crippen LogP contribution in [-0.2, 0) is 4.79 Å². The molecule has 0 radical (unpaired) electrons. The van der Waals surface area contributed by atoms with Gasteiger partial charge in [0.25, 0.3) is 0 Å². The molecule has 2 atom stereocenters. The molecular weight excluding hydrogens is 180 g/mol. The van der Waals surface area contributed by atoms with Crippen LogP contribution in [-0.4, -0.2) is 23.2 Å². The van der Waals surface area contributed by atoms with E-state index in [2.05, 4.69) is 0 Å². The van der Waals surface area contributed by atoms with Crippen molar-refractivity contribution in [3.05, 3.63) is 0 Å². The number of aliphatic hydroxyl groups excluding tert-OH is 1. The number of nitrogens with two attached hydrogens (primary N) is 2. The van der Waals surface area contributed by atoms with E-state index in [0.29, 0.717) is 6.42 Å². The lowest BCUT2D eigenvalue weighted by Gasteiger charge is -2.25. The van der Waals surface area contributed by atoms with Crippen LogP contribution in [0.4, 0.5) is 0 Å². The van der Waals surface area contributed by atoms with E-state index in [0.717, 1.165) is 12.3 Å². The van der Waals surface area contributed by atoms with Crippen molar-refractivity contribution < 1.29 is 9.90 Å². The fourth-order valence-electron chi connectivity index (χ4n) is 1.79. The molecule has 14 heavy (non-hydrogen) atoms. The van der Waals surface area contributed by atoms with E-state index in [1.165, 1.54) is 25.7 Å². The molecule has 0 saturated heterocycles. The zero-order valence-corrected chi connectivity index (χ0v) is 8.48. The lowest BCUT2D eigenvalue weighted by molar-refractivity contribution is -0.127. The highest BCUT2D eigenvalue weighted by Crippen LogP contribution is 2.30. The third-order valence-corrected chi connectivity index (χ3v) is 3.07. The van der Waals surface area contributed by atoms with Crippen LogP contribution in [0.25, 0.3) is 0 Å². The highest BCUT2D eigenvalue weighted by molar-refractivity contribution is 5.79. The van der Waals surface area contributed by atoms with Gasteiger partial charge < -0.3 is 16.6 Å². The summed E-state index contributed by atoms with van der Waals surface area (Å²) in [4.78, 5) is 10.6. The second-order valence-electron chi connectivity index (χ2n) is 4.24. The van der Waals surface area contributed by atoms with E-state index in [1.807, 2.05) is 0 Å². The number of amides is 1. The van der Waals surface area contributed by atoms with E-state index in [9.17, 15) is 9.90 Å². The van der Waals surface area contributed by atoms with Crippen molar-refractivity contribution in [2.45, 2.75) is 50.7 Å². The lowest BCUT2D eigenvalue weighted by atomic mass is 9.81. The summed E-state index contributed by atoms with van der Waals surface area (Å²) in [5, 5.41) is 9.23. The van der Waals surface area contributed by atoms with Gasteiger partial charge in [0.05, 0.1) is 0 Å². The fourth-order valence-corrected chi connectivity index (χ4v) is 1.79. The van der Waals surface area contributed by atoms with Gasteiger partial charge in [-0.25, -0.2) is 0 Å². The van der Waals surface area contributed by atoms with E-state index in [1.54, 1.807) is 0 Å². The predicted molar refractivity (Wildman–Crippen MR) is 54.4 cm³/mol. The van der Waals surface area contributed by atoms with Gasteiger partial charge in [-0.1, -0.05) is 32.1 Å². The van der Waals surface area contributed by atoms with Gasteiger partial charge in [0, 0.05) is 6.04 Å². The number of rotatable bonds is 6. The molecule has 0 aromatic heterocycles. The van der Waals surface area contributed by atoms with E-state index >= 15 is 0 Å². The zero-order valence-electron chi connectivity index (χ0n) is 8.48. The van der Waals surface area contributed by atoms with Crippen LogP contribution >= 0.6 is 0 Å². The molecule has 4 nitrogen and oxygen atoms in total. The first-order chi connectivity index (χ1) is 6.61. The molecule has 0 aliphatic heterocycles. The van der Waals surface area contributed by atoms with Crippen molar-refractivity contribution in [1.82, 2.24) is 0 Å². The summed E-state index contributed by atoms with van der Waals surface area (Å²) in [7, 11) is 0. The van der Waals surface area contributed by atoms with Crippen molar-refractivity contribution in [3.8, 4) is 0 Å². The van der Waals surface area contributed by atoms with Crippen LogP contribution in [0, 0.1) is 5.92 Å². The Labute approximate surface area is 84.7 Å².